The third-order valence-electron chi connectivity index (χ3n) is 3.17. The smallest absolute Gasteiger partial charge is 0.270 e. The Morgan fingerprint density at radius 1 is 1.23 bits per heavy atom. The Labute approximate surface area is 166 Å². The van der Waals surface area contributed by atoms with Crippen molar-refractivity contribution in [3.05, 3.63) is 60.7 Å². The van der Waals surface area contributed by atoms with Crippen LogP contribution in [0, 0.1) is 10.1 Å². The molecule has 0 spiro atoms. The average Bonchev–Trinajstić information content (AvgIpc) is 3.04. The van der Waals surface area contributed by atoms with Crippen molar-refractivity contribution in [2.45, 2.75) is 5.75 Å². The summed E-state index contributed by atoms with van der Waals surface area (Å²) in [6.45, 7) is 0.326. The molecule has 2 N–H and O–H groups in total. The van der Waals surface area contributed by atoms with E-state index in [1.807, 2.05) is 6.07 Å². The number of benzene rings is 1. The van der Waals surface area contributed by atoms with Crippen molar-refractivity contribution in [1.82, 2.24) is 10.6 Å². The average molecular weight is 458 g/mol. The number of nitro benzene ring substituents is 1. The lowest BCUT2D eigenvalue weighted by Gasteiger charge is -2.07. The summed E-state index contributed by atoms with van der Waals surface area (Å²) in [7, 11) is 0. The third kappa shape index (κ3) is 6.77. The molecule has 1 aromatic carbocycles. The second kappa shape index (κ2) is 10.3. The molecule has 7 nitrogen and oxygen atoms in total. The van der Waals surface area contributed by atoms with E-state index >= 15 is 0 Å². The van der Waals surface area contributed by atoms with Crippen LogP contribution in [0.2, 0.25) is 0 Å². The van der Waals surface area contributed by atoms with E-state index in [1.54, 1.807) is 23.1 Å². The highest BCUT2D eigenvalue weighted by molar-refractivity contribution is 9.11. The maximum absolute atomic E-state index is 11.9. The zero-order valence-electron chi connectivity index (χ0n) is 13.6. The van der Waals surface area contributed by atoms with E-state index in [4.69, 9.17) is 0 Å². The van der Waals surface area contributed by atoms with E-state index in [-0.39, 0.29) is 23.7 Å². The summed E-state index contributed by atoms with van der Waals surface area (Å²) in [5.74, 6) is 0.820. The van der Waals surface area contributed by atoms with Crippen LogP contribution in [0.1, 0.15) is 15.2 Å². The van der Waals surface area contributed by atoms with Gasteiger partial charge >= 0.3 is 0 Å². The quantitative estimate of drug-likeness (QED) is 0.342. The molecule has 0 saturated heterocycles. The van der Waals surface area contributed by atoms with Crippen LogP contribution >= 0.6 is 39.0 Å². The molecule has 0 radical (unpaired) electrons. The Kier molecular flexibility index (Phi) is 8.07. The number of carbonyl (C=O) groups excluding carboxylic acids is 2. The molecule has 0 fully saturated rings. The first-order chi connectivity index (χ1) is 12.5. The van der Waals surface area contributed by atoms with Crippen LogP contribution in [0.4, 0.5) is 5.69 Å². The number of thiophene rings is 1. The lowest BCUT2D eigenvalue weighted by atomic mass is 10.2. The third-order valence-corrected chi connectivity index (χ3v) is 5.98. The van der Waals surface area contributed by atoms with Gasteiger partial charge in [-0.15, -0.1) is 11.3 Å². The minimum Gasteiger partial charge on any atom is -0.354 e. The molecule has 0 aliphatic rings. The fourth-order valence-electron chi connectivity index (χ4n) is 1.95. The molecule has 26 heavy (non-hydrogen) atoms. The molecule has 2 amide bonds. The summed E-state index contributed by atoms with van der Waals surface area (Å²) < 4.78 is 1.10. The van der Waals surface area contributed by atoms with Gasteiger partial charge in [0.2, 0.25) is 5.91 Å². The van der Waals surface area contributed by atoms with Crippen molar-refractivity contribution in [3.63, 3.8) is 0 Å². The predicted octanol–water partition coefficient (Wildman–Crippen LogP) is 3.20. The molecule has 2 aromatic rings. The molecule has 1 aromatic heterocycles. The number of nitro groups is 1. The molecular weight excluding hydrogens is 442 g/mol. The van der Waals surface area contributed by atoms with Gasteiger partial charge in [-0.1, -0.05) is 6.07 Å². The highest BCUT2D eigenvalue weighted by atomic mass is 79.9. The first kappa shape index (κ1) is 20.4. The van der Waals surface area contributed by atoms with Gasteiger partial charge in [-0.25, -0.2) is 0 Å². The summed E-state index contributed by atoms with van der Waals surface area (Å²) >= 11 is 6.81. The van der Waals surface area contributed by atoms with Crippen LogP contribution in [0.3, 0.4) is 0 Å². The van der Waals surface area contributed by atoms with Gasteiger partial charge in [0.05, 0.1) is 15.3 Å². The minimum absolute atomic E-state index is 0.143. The summed E-state index contributed by atoms with van der Waals surface area (Å²) in [4.78, 5) is 35.1. The molecule has 138 valence electrons. The minimum atomic E-state index is -0.573. The fraction of sp³-hybridized carbons (Fsp3) is 0.250. The summed E-state index contributed by atoms with van der Waals surface area (Å²) in [5, 5.41) is 15.9. The number of hydrogen-bond acceptors (Lipinski definition) is 6. The SMILES string of the molecule is O=C(CNC(=O)c1cccc([N+](=O)[O-])c1)NCCSCc1ccc(Br)s1. The molecule has 0 unspecified atom stereocenters. The number of nitrogens with zero attached hydrogens (tertiary/aromatic N) is 1. The van der Waals surface area contributed by atoms with Crippen LogP contribution < -0.4 is 10.6 Å². The van der Waals surface area contributed by atoms with E-state index in [0.29, 0.717) is 6.54 Å². The van der Waals surface area contributed by atoms with Gasteiger partial charge in [0, 0.05) is 40.6 Å². The molecule has 10 heteroatoms. The van der Waals surface area contributed by atoms with E-state index in [9.17, 15) is 19.7 Å². The molecule has 0 bridgehead atoms. The number of thioether (sulfide) groups is 1. The van der Waals surface area contributed by atoms with Crippen LogP contribution in [0.5, 0.6) is 0 Å². The summed E-state index contributed by atoms with van der Waals surface area (Å²) in [5.41, 5.74) is -0.0263. The standard InChI is InChI=1S/C16H16BrN3O4S2/c17-14-5-4-13(26-14)10-25-7-6-18-15(21)9-19-16(22)11-2-1-3-12(8-11)20(23)24/h1-5,8H,6-7,9-10H2,(H,18,21)(H,19,22). The normalized spacial score (nSPS) is 10.3. The molecule has 0 aliphatic heterocycles. The van der Waals surface area contributed by atoms with Gasteiger partial charge in [-0.3, -0.25) is 19.7 Å². The highest BCUT2D eigenvalue weighted by Crippen LogP contribution is 2.25. The van der Waals surface area contributed by atoms with Gasteiger partial charge in [0.1, 0.15) is 0 Å². The second-order valence-electron chi connectivity index (χ2n) is 5.10. The molecule has 0 atom stereocenters. The summed E-state index contributed by atoms with van der Waals surface area (Å²) in [6.07, 6.45) is 0. The van der Waals surface area contributed by atoms with Gasteiger partial charge in [0.25, 0.3) is 11.6 Å². The van der Waals surface area contributed by atoms with E-state index in [2.05, 4.69) is 32.6 Å². The van der Waals surface area contributed by atoms with Crippen LogP contribution in [-0.2, 0) is 10.5 Å². The Hall–Kier alpha value is -1.91. The number of hydrogen-bond donors (Lipinski definition) is 2. The van der Waals surface area contributed by atoms with Gasteiger partial charge < -0.3 is 10.6 Å². The van der Waals surface area contributed by atoms with Crippen LogP contribution in [-0.4, -0.2) is 35.6 Å². The van der Waals surface area contributed by atoms with Gasteiger partial charge in [-0.2, -0.15) is 11.8 Å². The largest absolute Gasteiger partial charge is 0.354 e. The number of rotatable bonds is 9. The van der Waals surface area contributed by atoms with Crippen molar-refractivity contribution < 1.29 is 14.5 Å². The van der Waals surface area contributed by atoms with E-state index in [0.717, 1.165) is 15.3 Å². The van der Waals surface area contributed by atoms with E-state index < -0.39 is 10.8 Å². The lowest BCUT2D eigenvalue weighted by Crippen LogP contribution is -2.37. The Morgan fingerprint density at radius 3 is 2.73 bits per heavy atom. The Bertz CT molecular complexity index is 797. The van der Waals surface area contributed by atoms with Crippen LogP contribution in [0.25, 0.3) is 0 Å². The predicted molar refractivity (Wildman–Crippen MR) is 107 cm³/mol. The van der Waals surface area contributed by atoms with Crippen molar-refractivity contribution >= 4 is 56.5 Å². The maximum Gasteiger partial charge on any atom is 0.270 e. The number of carbonyl (C=O) groups is 2. The van der Waals surface area contributed by atoms with Crippen molar-refractivity contribution in [3.8, 4) is 0 Å². The zero-order chi connectivity index (χ0) is 18.9. The number of amides is 2. The number of non-ortho nitro benzene ring substituents is 1. The maximum atomic E-state index is 11.9. The van der Waals surface area contributed by atoms with Crippen molar-refractivity contribution in [2.24, 2.45) is 0 Å². The molecule has 0 saturated carbocycles. The van der Waals surface area contributed by atoms with Gasteiger partial charge in [-0.05, 0) is 34.1 Å². The Morgan fingerprint density at radius 2 is 2.04 bits per heavy atom. The van der Waals surface area contributed by atoms with E-state index in [1.165, 1.54) is 29.1 Å². The van der Waals surface area contributed by atoms with Crippen LogP contribution in [0.15, 0.2) is 40.2 Å². The number of nitrogens with one attached hydrogen (secondary N) is 2. The molecular formula is C16H16BrN3O4S2. The van der Waals surface area contributed by atoms with Crippen molar-refractivity contribution in [1.29, 1.82) is 0 Å². The monoisotopic (exact) mass is 457 g/mol. The molecule has 2 rings (SSSR count). The fourth-order valence-corrected chi connectivity index (χ4v) is 4.40. The second-order valence-corrected chi connectivity index (χ2v) is 8.75. The first-order valence-corrected chi connectivity index (χ1v) is 10.3. The first-order valence-electron chi connectivity index (χ1n) is 7.57. The molecule has 1 heterocycles. The topological polar surface area (TPSA) is 101 Å². The van der Waals surface area contributed by atoms with Crippen molar-refractivity contribution in [2.75, 3.05) is 18.8 Å². The highest BCUT2D eigenvalue weighted by Gasteiger charge is 2.12. The Balaban J connectivity index is 1.64. The molecule has 0 aliphatic carbocycles. The van der Waals surface area contributed by atoms with Gasteiger partial charge in [0.15, 0.2) is 0 Å². The summed E-state index contributed by atoms with van der Waals surface area (Å²) in [6, 6.07) is 9.43. The zero-order valence-corrected chi connectivity index (χ0v) is 16.8. The lowest BCUT2D eigenvalue weighted by molar-refractivity contribution is -0.384. The number of halogens is 1.